The number of aromatic nitrogens is 3. The smallest absolute Gasteiger partial charge is 0.255 e. The molecular weight excluding hydrogens is 388 g/mol. The summed E-state index contributed by atoms with van der Waals surface area (Å²) >= 11 is 5.98. The van der Waals surface area contributed by atoms with Crippen LogP contribution >= 0.6 is 11.6 Å². The molecule has 0 bridgehead atoms. The molecular formula is C22H19ClN4O2. The van der Waals surface area contributed by atoms with E-state index in [2.05, 4.69) is 15.5 Å². The number of halogens is 1. The number of fused-ring (bicyclic) bond motifs is 1. The number of nitrogens with zero attached hydrogens (tertiary/aromatic N) is 3. The third-order valence-electron chi connectivity index (χ3n) is 4.44. The fourth-order valence-corrected chi connectivity index (χ4v) is 3.17. The summed E-state index contributed by atoms with van der Waals surface area (Å²) in [5, 5.41) is 12.5. The number of benzene rings is 3. The van der Waals surface area contributed by atoms with Gasteiger partial charge in [-0.2, -0.15) is 4.80 Å². The van der Waals surface area contributed by atoms with Gasteiger partial charge in [-0.25, -0.2) is 0 Å². The molecule has 4 aromatic rings. The van der Waals surface area contributed by atoms with Crippen molar-refractivity contribution in [3.8, 4) is 11.4 Å². The third-order valence-corrected chi connectivity index (χ3v) is 4.68. The summed E-state index contributed by atoms with van der Waals surface area (Å²) in [6, 6.07) is 18.1. The zero-order chi connectivity index (χ0) is 20.4. The number of amides is 1. The molecule has 1 aromatic heterocycles. The van der Waals surface area contributed by atoms with Gasteiger partial charge >= 0.3 is 0 Å². The van der Waals surface area contributed by atoms with E-state index in [4.69, 9.17) is 16.3 Å². The Labute approximate surface area is 173 Å². The number of rotatable bonds is 5. The van der Waals surface area contributed by atoms with Crippen molar-refractivity contribution >= 4 is 34.2 Å². The van der Waals surface area contributed by atoms with Crippen molar-refractivity contribution in [2.24, 2.45) is 0 Å². The number of anilines is 1. The van der Waals surface area contributed by atoms with Gasteiger partial charge in [-0.05, 0) is 74.0 Å². The van der Waals surface area contributed by atoms with E-state index in [1.807, 2.05) is 50.2 Å². The molecule has 0 saturated heterocycles. The third kappa shape index (κ3) is 4.07. The monoisotopic (exact) mass is 406 g/mol. The van der Waals surface area contributed by atoms with Gasteiger partial charge in [0, 0.05) is 16.3 Å². The van der Waals surface area contributed by atoms with Crippen molar-refractivity contribution in [3.63, 3.8) is 0 Å². The molecule has 146 valence electrons. The largest absolute Gasteiger partial charge is 0.494 e. The van der Waals surface area contributed by atoms with Gasteiger partial charge in [0.1, 0.15) is 16.8 Å². The van der Waals surface area contributed by atoms with E-state index in [0.29, 0.717) is 28.4 Å². The molecule has 0 unspecified atom stereocenters. The topological polar surface area (TPSA) is 69.0 Å². The van der Waals surface area contributed by atoms with Crippen LogP contribution in [0.3, 0.4) is 0 Å². The lowest BCUT2D eigenvalue weighted by Gasteiger charge is -2.08. The summed E-state index contributed by atoms with van der Waals surface area (Å²) in [4.78, 5) is 14.1. The standard InChI is InChI=1S/C22H19ClN4O2/c1-3-29-18-9-7-17(8-10-18)27-25-20-11-14(2)19(13-21(20)26-27)24-22(28)15-5-4-6-16(23)12-15/h4-13H,3H2,1-2H3,(H,24,28). The molecule has 1 heterocycles. The van der Waals surface area contributed by atoms with Crippen molar-refractivity contribution in [2.45, 2.75) is 13.8 Å². The van der Waals surface area contributed by atoms with Gasteiger partial charge in [-0.1, -0.05) is 17.7 Å². The van der Waals surface area contributed by atoms with Gasteiger partial charge in [0.2, 0.25) is 0 Å². The first-order chi connectivity index (χ1) is 14.0. The highest BCUT2D eigenvalue weighted by molar-refractivity contribution is 6.31. The molecule has 0 fully saturated rings. The lowest BCUT2D eigenvalue weighted by Crippen LogP contribution is -2.12. The van der Waals surface area contributed by atoms with E-state index in [9.17, 15) is 4.79 Å². The zero-order valence-corrected chi connectivity index (χ0v) is 16.8. The van der Waals surface area contributed by atoms with Gasteiger partial charge in [-0.3, -0.25) is 4.79 Å². The summed E-state index contributed by atoms with van der Waals surface area (Å²) < 4.78 is 5.47. The molecule has 0 atom stereocenters. The Morgan fingerprint density at radius 2 is 1.79 bits per heavy atom. The average molecular weight is 407 g/mol. The minimum absolute atomic E-state index is 0.228. The van der Waals surface area contributed by atoms with Crippen LogP contribution in [-0.4, -0.2) is 27.5 Å². The number of nitrogens with one attached hydrogen (secondary N) is 1. The first-order valence-corrected chi connectivity index (χ1v) is 9.59. The second-order valence-corrected chi connectivity index (χ2v) is 6.97. The molecule has 0 aliphatic carbocycles. The molecule has 0 spiro atoms. The summed E-state index contributed by atoms with van der Waals surface area (Å²) in [5.74, 6) is 0.573. The molecule has 1 amide bonds. The van der Waals surface area contributed by atoms with E-state index in [0.717, 1.165) is 22.5 Å². The Hall–Kier alpha value is -3.38. The van der Waals surface area contributed by atoms with E-state index < -0.39 is 0 Å². The Bertz CT molecular complexity index is 1190. The van der Waals surface area contributed by atoms with E-state index in [1.165, 1.54) is 0 Å². The molecule has 0 aliphatic rings. The van der Waals surface area contributed by atoms with Crippen LogP contribution < -0.4 is 10.1 Å². The number of ether oxygens (including phenoxy) is 1. The molecule has 7 heteroatoms. The fourth-order valence-electron chi connectivity index (χ4n) is 2.98. The van der Waals surface area contributed by atoms with Crippen LogP contribution in [-0.2, 0) is 0 Å². The van der Waals surface area contributed by atoms with Crippen molar-refractivity contribution in [1.82, 2.24) is 15.0 Å². The van der Waals surface area contributed by atoms with Gasteiger partial charge in [-0.15, -0.1) is 10.2 Å². The number of hydrogen-bond donors (Lipinski definition) is 1. The normalized spacial score (nSPS) is 10.9. The molecule has 0 aliphatic heterocycles. The van der Waals surface area contributed by atoms with Crippen LogP contribution in [0.2, 0.25) is 5.02 Å². The Morgan fingerprint density at radius 1 is 1.07 bits per heavy atom. The quantitative estimate of drug-likeness (QED) is 0.504. The van der Waals surface area contributed by atoms with Gasteiger partial charge in [0.15, 0.2) is 0 Å². The van der Waals surface area contributed by atoms with Gasteiger partial charge in [0.25, 0.3) is 5.91 Å². The summed E-state index contributed by atoms with van der Waals surface area (Å²) in [6.07, 6.45) is 0. The number of carbonyl (C=O) groups excluding carboxylic acids is 1. The molecule has 3 aromatic carbocycles. The highest BCUT2D eigenvalue weighted by Gasteiger charge is 2.12. The van der Waals surface area contributed by atoms with E-state index >= 15 is 0 Å². The Balaban J connectivity index is 1.62. The Kier molecular flexibility index (Phi) is 5.18. The highest BCUT2D eigenvalue weighted by atomic mass is 35.5. The SMILES string of the molecule is CCOc1ccc(-n2nc3cc(C)c(NC(=O)c4cccc(Cl)c4)cc3n2)cc1. The average Bonchev–Trinajstić information content (AvgIpc) is 3.11. The maximum Gasteiger partial charge on any atom is 0.255 e. The van der Waals surface area contributed by atoms with Crippen LogP contribution in [0.1, 0.15) is 22.8 Å². The van der Waals surface area contributed by atoms with Crippen LogP contribution in [0.25, 0.3) is 16.7 Å². The molecule has 6 nitrogen and oxygen atoms in total. The minimum atomic E-state index is -0.228. The maximum atomic E-state index is 12.5. The summed E-state index contributed by atoms with van der Waals surface area (Å²) in [7, 11) is 0. The Morgan fingerprint density at radius 3 is 2.48 bits per heavy atom. The van der Waals surface area contributed by atoms with Crippen LogP contribution in [0.5, 0.6) is 5.75 Å². The second kappa shape index (κ2) is 7.93. The number of carbonyl (C=O) groups is 1. The molecule has 4 rings (SSSR count). The van der Waals surface area contributed by atoms with Crippen LogP contribution in [0.15, 0.2) is 60.7 Å². The molecule has 0 radical (unpaired) electrons. The highest BCUT2D eigenvalue weighted by Crippen LogP contribution is 2.24. The van der Waals surface area contributed by atoms with Gasteiger partial charge < -0.3 is 10.1 Å². The van der Waals surface area contributed by atoms with Crippen molar-refractivity contribution in [2.75, 3.05) is 11.9 Å². The van der Waals surface area contributed by atoms with E-state index in [1.54, 1.807) is 29.1 Å². The molecule has 29 heavy (non-hydrogen) atoms. The predicted octanol–water partition coefficient (Wildman–Crippen LogP) is 5.03. The van der Waals surface area contributed by atoms with Crippen molar-refractivity contribution < 1.29 is 9.53 Å². The fraction of sp³-hybridized carbons (Fsp3) is 0.136. The number of aryl methyl sites for hydroxylation is 1. The maximum absolute atomic E-state index is 12.5. The first kappa shape index (κ1) is 19.0. The lowest BCUT2D eigenvalue weighted by atomic mass is 10.1. The van der Waals surface area contributed by atoms with Crippen molar-refractivity contribution in [1.29, 1.82) is 0 Å². The predicted molar refractivity (Wildman–Crippen MR) is 114 cm³/mol. The minimum Gasteiger partial charge on any atom is -0.494 e. The van der Waals surface area contributed by atoms with Crippen LogP contribution in [0, 0.1) is 6.92 Å². The molecule has 1 N–H and O–H groups in total. The lowest BCUT2D eigenvalue weighted by molar-refractivity contribution is 0.102. The number of hydrogen-bond acceptors (Lipinski definition) is 4. The van der Waals surface area contributed by atoms with Crippen molar-refractivity contribution in [3.05, 3.63) is 76.8 Å². The first-order valence-electron chi connectivity index (χ1n) is 9.21. The second-order valence-electron chi connectivity index (χ2n) is 6.54. The van der Waals surface area contributed by atoms with Gasteiger partial charge in [0.05, 0.1) is 12.3 Å². The molecule has 0 saturated carbocycles. The van der Waals surface area contributed by atoms with Crippen LogP contribution in [0.4, 0.5) is 5.69 Å². The summed E-state index contributed by atoms with van der Waals surface area (Å²) in [6.45, 7) is 4.48. The van der Waals surface area contributed by atoms with E-state index in [-0.39, 0.29) is 5.91 Å². The zero-order valence-electron chi connectivity index (χ0n) is 16.0. The summed E-state index contributed by atoms with van der Waals surface area (Å²) in [5.41, 5.74) is 4.33.